The van der Waals surface area contributed by atoms with Crippen molar-refractivity contribution >= 4 is 12.0 Å². The zero-order valence-corrected chi connectivity index (χ0v) is 16.5. The summed E-state index contributed by atoms with van der Waals surface area (Å²) in [5.41, 5.74) is -0.0900. The molecule has 0 aromatic heterocycles. The van der Waals surface area contributed by atoms with Gasteiger partial charge in [0.2, 0.25) is 0 Å². The molecule has 2 aliphatic rings. The summed E-state index contributed by atoms with van der Waals surface area (Å²) in [7, 11) is 1.74. The number of amides is 2. The Labute approximate surface area is 155 Å². The summed E-state index contributed by atoms with van der Waals surface area (Å²) < 4.78 is 11.6. The van der Waals surface area contributed by atoms with Gasteiger partial charge in [-0.25, -0.2) is 4.79 Å². The molecule has 0 spiro atoms. The number of rotatable bonds is 7. The maximum Gasteiger partial charge on any atom is 0.317 e. The lowest BCUT2D eigenvalue weighted by Gasteiger charge is -2.52. The van der Waals surface area contributed by atoms with Crippen molar-refractivity contribution in [3.8, 4) is 0 Å². The standard InChI is InChI=1S/C18H33N3O5/c1-12(2)26-15-8-14(18(15,3)4)19-17(24)21-6-7-25-13(10-21)9-20(5)11-16(22)23/h12-15H,6-11H2,1-5H3,(H,19,24)(H,22,23). The van der Waals surface area contributed by atoms with Gasteiger partial charge in [0.05, 0.1) is 31.5 Å². The van der Waals surface area contributed by atoms with Crippen LogP contribution in [-0.4, -0.2) is 91.1 Å². The smallest absolute Gasteiger partial charge is 0.317 e. The molecule has 1 saturated carbocycles. The van der Waals surface area contributed by atoms with E-state index in [2.05, 4.69) is 19.2 Å². The van der Waals surface area contributed by atoms with Crippen LogP contribution in [0.5, 0.6) is 0 Å². The number of nitrogens with one attached hydrogen (secondary N) is 1. The van der Waals surface area contributed by atoms with Crippen molar-refractivity contribution in [3.05, 3.63) is 0 Å². The quantitative estimate of drug-likeness (QED) is 0.694. The number of morpholine rings is 1. The van der Waals surface area contributed by atoms with E-state index in [1.54, 1.807) is 16.8 Å². The highest BCUT2D eigenvalue weighted by molar-refractivity contribution is 5.75. The molecule has 3 unspecified atom stereocenters. The van der Waals surface area contributed by atoms with Crippen LogP contribution in [0.2, 0.25) is 0 Å². The molecule has 1 heterocycles. The third kappa shape index (κ3) is 5.31. The van der Waals surface area contributed by atoms with Crippen molar-refractivity contribution in [3.63, 3.8) is 0 Å². The number of aliphatic carboxylic acids is 1. The van der Waals surface area contributed by atoms with E-state index in [4.69, 9.17) is 14.6 Å². The van der Waals surface area contributed by atoms with Gasteiger partial charge in [0.1, 0.15) is 0 Å². The molecule has 8 heteroatoms. The number of hydrogen-bond acceptors (Lipinski definition) is 5. The molecule has 2 fully saturated rings. The average Bonchev–Trinajstić information content (AvgIpc) is 2.52. The Bertz CT molecular complexity index is 511. The van der Waals surface area contributed by atoms with Crippen LogP contribution in [0.25, 0.3) is 0 Å². The lowest BCUT2D eigenvalue weighted by molar-refractivity contribution is -0.139. The summed E-state index contributed by atoms with van der Waals surface area (Å²) in [5, 5.41) is 12.0. The first-order valence-corrected chi connectivity index (χ1v) is 9.32. The van der Waals surface area contributed by atoms with Crippen LogP contribution in [0.3, 0.4) is 0 Å². The van der Waals surface area contributed by atoms with Crippen LogP contribution >= 0.6 is 0 Å². The first-order chi connectivity index (χ1) is 12.1. The predicted octanol–water partition coefficient (Wildman–Crippen LogP) is 1.01. The maximum atomic E-state index is 12.6. The van der Waals surface area contributed by atoms with Crippen molar-refractivity contribution in [2.45, 2.75) is 58.5 Å². The van der Waals surface area contributed by atoms with Gasteiger partial charge in [-0.05, 0) is 27.3 Å². The summed E-state index contributed by atoms with van der Waals surface area (Å²) in [6.45, 7) is 10.2. The molecule has 2 amide bonds. The second kappa shape index (κ2) is 8.54. The second-order valence-electron chi connectivity index (χ2n) is 8.26. The fourth-order valence-electron chi connectivity index (χ4n) is 3.59. The molecule has 1 aliphatic heterocycles. The molecular weight excluding hydrogens is 338 g/mol. The number of nitrogens with zero attached hydrogens (tertiary/aromatic N) is 2. The van der Waals surface area contributed by atoms with Crippen LogP contribution in [0.1, 0.15) is 34.1 Å². The summed E-state index contributed by atoms with van der Waals surface area (Å²) in [5.74, 6) is -0.872. The van der Waals surface area contributed by atoms with Gasteiger partial charge in [-0.15, -0.1) is 0 Å². The Hall–Kier alpha value is -1.38. The van der Waals surface area contributed by atoms with E-state index >= 15 is 0 Å². The normalized spacial score (nSPS) is 28.1. The molecule has 2 rings (SSSR count). The first kappa shape index (κ1) is 20.9. The fraction of sp³-hybridized carbons (Fsp3) is 0.889. The lowest BCUT2D eigenvalue weighted by Crippen LogP contribution is -2.64. The van der Waals surface area contributed by atoms with E-state index in [0.717, 1.165) is 6.42 Å². The first-order valence-electron chi connectivity index (χ1n) is 9.32. The van der Waals surface area contributed by atoms with Crippen LogP contribution in [0, 0.1) is 5.41 Å². The van der Waals surface area contributed by atoms with Gasteiger partial charge in [-0.3, -0.25) is 9.69 Å². The molecule has 3 atom stereocenters. The van der Waals surface area contributed by atoms with Gasteiger partial charge >= 0.3 is 12.0 Å². The largest absolute Gasteiger partial charge is 0.480 e. The summed E-state index contributed by atoms with van der Waals surface area (Å²) in [6.07, 6.45) is 0.991. The summed E-state index contributed by atoms with van der Waals surface area (Å²) in [6, 6.07) is 0.00925. The molecule has 2 N–H and O–H groups in total. The van der Waals surface area contributed by atoms with Crippen molar-refractivity contribution in [2.75, 3.05) is 39.8 Å². The Balaban J connectivity index is 1.81. The molecule has 1 saturated heterocycles. The topological polar surface area (TPSA) is 91.3 Å². The average molecular weight is 371 g/mol. The van der Waals surface area contributed by atoms with E-state index in [9.17, 15) is 9.59 Å². The highest BCUT2D eigenvalue weighted by Crippen LogP contribution is 2.43. The number of urea groups is 1. The van der Waals surface area contributed by atoms with Gasteiger partial charge in [-0.1, -0.05) is 13.8 Å². The monoisotopic (exact) mass is 371 g/mol. The maximum absolute atomic E-state index is 12.6. The number of carboxylic acid groups (broad SMARTS) is 1. The molecule has 0 aromatic rings. The molecule has 0 radical (unpaired) electrons. The number of ether oxygens (including phenoxy) is 2. The zero-order chi connectivity index (χ0) is 19.5. The van der Waals surface area contributed by atoms with Crippen molar-refractivity contribution in [2.24, 2.45) is 5.41 Å². The molecule has 8 nitrogen and oxygen atoms in total. The van der Waals surface area contributed by atoms with Gasteiger partial charge in [0.15, 0.2) is 0 Å². The summed E-state index contributed by atoms with van der Waals surface area (Å²) in [4.78, 5) is 26.9. The van der Waals surface area contributed by atoms with Crippen LogP contribution < -0.4 is 5.32 Å². The van der Waals surface area contributed by atoms with E-state index in [1.807, 2.05) is 13.8 Å². The van der Waals surface area contributed by atoms with Crippen molar-refractivity contribution in [1.29, 1.82) is 0 Å². The molecule has 0 bridgehead atoms. The van der Waals surface area contributed by atoms with E-state index < -0.39 is 5.97 Å². The zero-order valence-electron chi connectivity index (χ0n) is 16.5. The minimum atomic E-state index is -0.872. The fourth-order valence-corrected chi connectivity index (χ4v) is 3.59. The van der Waals surface area contributed by atoms with Crippen LogP contribution in [0.15, 0.2) is 0 Å². The number of carbonyl (C=O) groups excluding carboxylic acids is 1. The molecule has 1 aliphatic carbocycles. The van der Waals surface area contributed by atoms with E-state index in [1.165, 1.54) is 0 Å². The van der Waals surface area contributed by atoms with Crippen LogP contribution in [0.4, 0.5) is 4.79 Å². The van der Waals surface area contributed by atoms with Gasteiger partial charge in [0, 0.05) is 31.1 Å². The minimum absolute atomic E-state index is 0.0421. The number of carbonyl (C=O) groups is 2. The number of hydrogen-bond donors (Lipinski definition) is 2. The van der Waals surface area contributed by atoms with Gasteiger partial charge < -0.3 is 24.8 Å². The molecule has 150 valence electrons. The highest BCUT2D eigenvalue weighted by atomic mass is 16.5. The third-order valence-corrected chi connectivity index (χ3v) is 5.26. The highest BCUT2D eigenvalue weighted by Gasteiger charge is 2.50. The lowest BCUT2D eigenvalue weighted by atomic mass is 9.64. The third-order valence-electron chi connectivity index (χ3n) is 5.26. The second-order valence-corrected chi connectivity index (χ2v) is 8.26. The van der Waals surface area contributed by atoms with Crippen molar-refractivity contribution in [1.82, 2.24) is 15.1 Å². The summed E-state index contributed by atoms with van der Waals surface area (Å²) >= 11 is 0. The Morgan fingerprint density at radius 2 is 2.12 bits per heavy atom. The van der Waals surface area contributed by atoms with Crippen molar-refractivity contribution < 1.29 is 24.2 Å². The number of likely N-dealkylation sites (N-methyl/N-ethyl adjacent to an activating group) is 1. The van der Waals surface area contributed by atoms with Gasteiger partial charge in [-0.2, -0.15) is 0 Å². The Morgan fingerprint density at radius 3 is 2.69 bits per heavy atom. The SMILES string of the molecule is CC(C)OC1CC(NC(=O)N2CCOC(CN(C)CC(=O)O)C2)C1(C)C. The predicted molar refractivity (Wildman–Crippen MR) is 97.2 cm³/mol. The number of carboxylic acids is 1. The molecule has 26 heavy (non-hydrogen) atoms. The Morgan fingerprint density at radius 1 is 1.42 bits per heavy atom. The Kier molecular flexibility index (Phi) is 6.87. The molecule has 0 aromatic carbocycles. The van der Waals surface area contributed by atoms with E-state index in [-0.39, 0.29) is 42.3 Å². The van der Waals surface area contributed by atoms with E-state index in [0.29, 0.717) is 26.2 Å². The minimum Gasteiger partial charge on any atom is -0.480 e. The van der Waals surface area contributed by atoms with Crippen LogP contribution in [-0.2, 0) is 14.3 Å². The van der Waals surface area contributed by atoms with Gasteiger partial charge in [0.25, 0.3) is 0 Å². The molecular formula is C18H33N3O5.